The summed E-state index contributed by atoms with van der Waals surface area (Å²) in [5.41, 5.74) is 0. The van der Waals surface area contributed by atoms with Gasteiger partial charge in [0.2, 0.25) is 0 Å². The number of carbonyl (C=O) groups excluding carboxylic acids is 1. The van der Waals surface area contributed by atoms with Gasteiger partial charge in [-0.15, -0.1) is 0 Å². The number of hydrogen-bond donors (Lipinski definition) is 1. The van der Waals surface area contributed by atoms with Crippen LogP contribution in [-0.4, -0.2) is 12.1 Å². The minimum atomic E-state index is -0.358. The normalized spacial score (nSPS) is 10.3. The molecule has 0 saturated heterocycles. The van der Waals surface area contributed by atoms with E-state index in [0.717, 1.165) is 25.7 Å². The minimum Gasteiger partial charge on any atom is -0.410 e. The summed E-state index contributed by atoms with van der Waals surface area (Å²) in [7, 11) is 0. The summed E-state index contributed by atoms with van der Waals surface area (Å²) < 4.78 is 5.19. The molecule has 3 nitrogen and oxygen atoms in total. The molecule has 17 heavy (non-hydrogen) atoms. The number of benzene rings is 1. The van der Waals surface area contributed by atoms with Crippen molar-refractivity contribution in [3.63, 3.8) is 0 Å². The summed E-state index contributed by atoms with van der Waals surface area (Å²) in [5.74, 6) is 0.580. The first-order valence-corrected chi connectivity index (χ1v) is 6.29. The molecule has 0 atom stereocenters. The smallest absolute Gasteiger partial charge is 0.410 e. The van der Waals surface area contributed by atoms with Gasteiger partial charge in [-0.3, -0.25) is 0 Å². The van der Waals surface area contributed by atoms with Gasteiger partial charge in [0.15, 0.2) is 0 Å². The zero-order valence-corrected chi connectivity index (χ0v) is 10.6. The summed E-state index contributed by atoms with van der Waals surface area (Å²) in [6, 6.07) is 9.35. The van der Waals surface area contributed by atoms with Gasteiger partial charge >= 0.3 is 6.09 Å². The zero-order valence-electron chi connectivity index (χ0n) is 10.6. The molecule has 0 spiro atoms. The number of ether oxygens (including phenoxy) is 1. The Labute approximate surface area is 103 Å². The fraction of sp³-hybridized carbons (Fsp3) is 0.500. The predicted octanol–water partition coefficient (Wildman–Crippen LogP) is 3.74. The Hall–Kier alpha value is -1.51. The zero-order chi connectivity index (χ0) is 12.5. The molecule has 1 rings (SSSR count). The third kappa shape index (κ3) is 5.38. The van der Waals surface area contributed by atoms with Crippen LogP contribution in [0.5, 0.6) is 5.75 Å². The maximum Gasteiger partial charge on any atom is 0.412 e. The molecule has 1 aromatic rings. The molecule has 0 aromatic heterocycles. The van der Waals surface area contributed by atoms with Crippen molar-refractivity contribution >= 4 is 6.09 Å². The van der Waals surface area contributed by atoms with E-state index in [1.54, 1.807) is 12.1 Å². The Morgan fingerprint density at radius 2 is 1.76 bits per heavy atom. The third-order valence-corrected chi connectivity index (χ3v) is 2.55. The van der Waals surface area contributed by atoms with Crippen LogP contribution in [0.3, 0.4) is 0 Å². The van der Waals surface area contributed by atoms with E-state index in [9.17, 15) is 4.79 Å². The molecule has 94 valence electrons. The lowest BCUT2D eigenvalue weighted by Crippen LogP contribution is -2.36. The highest BCUT2D eigenvalue weighted by molar-refractivity contribution is 5.70. The summed E-state index contributed by atoms with van der Waals surface area (Å²) in [4.78, 5) is 11.6. The average Bonchev–Trinajstić information content (AvgIpc) is 2.30. The SMILES string of the molecule is CCCC(CCC)NC(=O)Oc1ccccc1. The second kappa shape index (κ2) is 7.71. The van der Waals surface area contributed by atoms with E-state index in [0.29, 0.717) is 5.75 Å². The van der Waals surface area contributed by atoms with Crippen molar-refractivity contribution in [2.75, 3.05) is 0 Å². The molecule has 3 heteroatoms. The Balaban J connectivity index is 2.42. The van der Waals surface area contributed by atoms with Crippen LogP contribution in [-0.2, 0) is 0 Å². The maximum absolute atomic E-state index is 11.6. The van der Waals surface area contributed by atoms with Crippen LogP contribution in [0.25, 0.3) is 0 Å². The molecule has 1 N–H and O–H groups in total. The van der Waals surface area contributed by atoms with Crippen molar-refractivity contribution in [1.29, 1.82) is 0 Å². The Morgan fingerprint density at radius 1 is 1.18 bits per heavy atom. The highest BCUT2D eigenvalue weighted by Crippen LogP contribution is 2.10. The molecule has 1 aromatic carbocycles. The fourth-order valence-electron chi connectivity index (χ4n) is 1.78. The number of rotatable bonds is 6. The first-order chi connectivity index (χ1) is 8.26. The van der Waals surface area contributed by atoms with E-state index in [1.807, 2.05) is 18.2 Å². The van der Waals surface area contributed by atoms with Crippen LogP contribution >= 0.6 is 0 Å². The summed E-state index contributed by atoms with van der Waals surface area (Å²) in [6.07, 6.45) is 3.77. The monoisotopic (exact) mass is 235 g/mol. The van der Waals surface area contributed by atoms with Gasteiger partial charge in [0, 0.05) is 6.04 Å². The highest BCUT2D eigenvalue weighted by Gasteiger charge is 2.11. The molecular formula is C14H21NO2. The highest BCUT2D eigenvalue weighted by atomic mass is 16.6. The van der Waals surface area contributed by atoms with Crippen LogP contribution in [0, 0.1) is 0 Å². The van der Waals surface area contributed by atoms with E-state index >= 15 is 0 Å². The lowest BCUT2D eigenvalue weighted by molar-refractivity contribution is 0.194. The van der Waals surface area contributed by atoms with Crippen LogP contribution in [0.15, 0.2) is 30.3 Å². The minimum absolute atomic E-state index is 0.223. The van der Waals surface area contributed by atoms with Crippen molar-refractivity contribution in [1.82, 2.24) is 5.32 Å². The van der Waals surface area contributed by atoms with E-state index in [1.165, 1.54) is 0 Å². The molecule has 0 radical (unpaired) electrons. The topological polar surface area (TPSA) is 38.3 Å². The standard InChI is InChI=1S/C14H21NO2/c1-3-8-12(9-4-2)15-14(16)17-13-10-6-5-7-11-13/h5-7,10-12H,3-4,8-9H2,1-2H3,(H,15,16). The second-order valence-corrected chi connectivity index (χ2v) is 4.12. The number of nitrogens with one attached hydrogen (secondary N) is 1. The molecule has 0 aliphatic carbocycles. The van der Waals surface area contributed by atoms with E-state index in [-0.39, 0.29) is 12.1 Å². The molecule has 0 unspecified atom stereocenters. The van der Waals surface area contributed by atoms with Gasteiger partial charge in [0.05, 0.1) is 0 Å². The molecule has 0 heterocycles. The third-order valence-electron chi connectivity index (χ3n) is 2.55. The van der Waals surface area contributed by atoms with Crippen LogP contribution in [0.4, 0.5) is 4.79 Å². The Kier molecular flexibility index (Phi) is 6.15. The first-order valence-electron chi connectivity index (χ1n) is 6.29. The maximum atomic E-state index is 11.6. The number of para-hydroxylation sites is 1. The average molecular weight is 235 g/mol. The molecular weight excluding hydrogens is 214 g/mol. The van der Waals surface area contributed by atoms with Crippen molar-refractivity contribution in [2.45, 2.75) is 45.6 Å². The number of amides is 1. The van der Waals surface area contributed by atoms with Crippen LogP contribution < -0.4 is 10.1 Å². The fourth-order valence-corrected chi connectivity index (χ4v) is 1.78. The van der Waals surface area contributed by atoms with Gasteiger partial charge in [-0.1, -0.05) is 44.9 Å². The van der Waals surface area contributed by atoms with Gasteiger partial charge in [-0.05, 0) is 25.0 Å². The lowest BCUT2D eigenvalue weighted by atomic mass is 10.1. The molecule has 0 bridgehead atoms. The Morgan fingerprint density at radius 3 is 2.29 bits per heavy atom. The second-order valence-electron chi connectivity index (χ2n) is 4.12. The lowest BCUT2D eigenvalue weighted by Gasteiger charge is -2.16. The van der Waals surface area contributed by atoms with Gasteiger partial charge in [0.25, 0.3) is 0 Å². The molecule has 0 saturated carbocycles. The molecule has 1 amide bonds. The van der Waals surface area contributed by atoms with Crippen LogP contribution in [0.2, 0.25) is 0 Å². The predicted molar refractivity (Wildman–Crippen MR) is 69.2 cm³/mol. The quantitative estimate of drug-likeness (QED) is 0.815. The summed E-state index contributed by atoms with van der Waals surface area (Å²) in [6.45, 7) is 4.24. The van der Waals surface area contributed by atoms with E-state index in [2.05, 4.69) is 19.2 Å². The van der Waals surface area contributed by atoms with Crippen LogP contribution in [0.1, 0.15) is 39.5 Å². The molecule has 0 aliphatic heterocycles. The summed E-state index contributed by atoms with van der Waals surface area (Å²) in [5, 5.41) is 2.91. The van der Waals surface area contributed by atoms with Gasteiger partial charge in [-0.2, -0.15) is 0 Å². The largest absolute Gasteiger partial charge is 0.412 e. The van der Waals surface area contributed by atoms with Crippen molar-refractivity contribution in [2.24, 2.45) is 0 Å². The van der Waals surface area contributed by atoms with Crippen molar-refractivity contribution in [3.05, 3.63) is 30.3 Å². The van der Waals surface area contributed by atoms with Crippen molar-refractivity contribution in [3.8, 4) is 5.75 Å². The van der Waals surface area contributed by atoms with E-state index in [4.69, 9.17) is 4.74 Å². The Bertz CT molecular complexity index is 318. The summed E-state index contributed by atoms with van der Waals surface area (Å²) >= 11 is 0. The molecule has 0 aliphatic rings. The number of carbonyl (C=O) groups is 1. The van der Waals surface area contributed by atoms with Gasteiger partial charge < -0.3 is 10.1 Å². The number of hydrogen-bond acceptors (Lipinski definition) is 2. The van der Waals surface area contributed by atoms with E-state index < -0.39 is 0 Å². The first kappa shape index (κ1) is 13.6. The van der Waals surface area contributed by atoms with Gasteiger partial charge in [0.1, 0.15) is 5.75 Å². The van der Waals surface area contributed by atoms with Crippen molar-refractivity contribution < 1.29 is 9.53 Å². The molecule has 0 fully saturated rings. The van der Waals surface area contributed by atoms with Gasteiger partial charge in [-0.25, -0.2) is 4.79 Å².